The molecule has 2 unspecified atom stereocenters. The molecule has 1 aliphatic rings. The van der Waals surface area contributed by atoms with Gasteiger partial charge in [-0.3, -0.25) is 19.2 Å². The average Bonchev–Trinajstić information content (AvgIpc) is 3.00. The zero-order valence-corrected chi connectivity index (χ0v) is 25.7. The van der Waals surface area contributed by atoms with Gasteiger partial charge >= 0.3 is 23.9 Å². The van der Waals surface area contributed by atoms with Crippen LogP contribution < -0.4 is 0 Å². The van der Waals surface area contributed by atoms with Gasteiger partial charge < -0.3 is 48.5 Å². The molecule has 0 aromatic heterocycles. The lowest BCUT2D eigenvalue weighted by atomic mass is 9.81. The molecule has 0 radical (unpaired) electrons. The fourth-order valence-corrected chi connectivity index (χ4v) is 4.34. The van der Waals surface area contributed by atoms with Crippen LogP contribution >= 0.6 is 0 Å². The minimum atomic E-state index is -1.94. The second kappa shape index (κ2) is 21.4. The van der Waals surface area contributed by atoms with Gasteiger partial charge in [-0.25, -0.2) is 0 Å². The third-order valence-corrected chi connectivity index (χ3v) is 7.48. The Morgan fingerprint density at radius 3 is 1.07 bits per heavy atom. The van der Waals surface area contributed by atoms with Gasteiger partial charge in [0.25, 0.3) is 0 Å². The van der Waals surface area contributed by atoms with Crippen molar-refractivity contribution in [3.8, 4) is 12.1 Å². The van der Waals surface area contributed by atoms with E-state index in [-0.39, 0.29) is 124 Å². The topological polar surface area (TPSA) is 241 Å². The van der Waals surface area contributed by atoms with Gasteiger partial charge in [-0.15, -0.1) is 0 Å². The van der Waals surface area contributed by atoms with Crippen molar-refractivity contribution >= 4 is 23.9 Å². The van der Waals surface area contributed by atoms with E-state index in [0.717, 1.165) is 0 Å². The molecule has 1 fully saturated rings. The zero-order valence-electron chi connectivity index (χ0n) is 25.7. The fourth-order valence-electron chi connectivity index (χ4n) is 4.34. The van der Waals surface area contributed by atoms with Gasteiger partial charge in [0, 0.05) is 65.3 Å². The number of carbonyl (C=O) groups is 4. The van der Waals surface area contributed by atoms with Gasteiger partial charge in [0.1, 0.15) is 0 Å². The van der Waals surface area contributed by atoms with Crippen molar-refractivity contribution in [2.45, 2.75) is 45.4 Å². The van der Waals surface area contributed by atoms with Crippen LogP contribution in [-0.2, 0) is 52.3 Å². The molecule has 0 aromatic carbocycles. The molecule has 1 saturated heterocycles. The molecule has 0 bridgehead atoms. The van der Waals surface area contributed by atoms with Gasteiger partial charge in [-0.2, -0.15) is 10.5 Å². The molecule has 254 valence electrons. The number of esters is 1. The molecular weight excluding hydrogens is 600 g/mol. The Labute approximate surface area is 262 Å². The van der Waals surface area contributed by atoms with E-state index in [9.17, 15) is 45.0 Å². The summed E-state index contributed by atoms with van der Waals surface area (Å²) in [6.07, 6.45) is -0.925. The molecular formula is C29H44N2O14. The summed E-state index contributed by atoms with van der Waals surface area (Å²) < 4.78 is 37.7. The standard InChI is InChI=1S/C29H44N2O14/c1-2-45-26(38)29(25(36)37)7-13-43-19-17-41-11-5-27(21-30,23(32)33)3-9-39-15-16-40-10-4-28(22-31,24(34)35)6-12-42-18-20-44-14-8-29/h2-20H2,1H3,(H,32,33)(H,34,35)(H,36,37). The van der Waals surface area contributed by atoms with E-state index in [0.29, 0.717) is 0 Å². The predicted molar refractivity (Wildman–Crippen MR) is 151 cm³/mol. The number of aliphatic carboxylic acids is 3. The number of nitrogens with zero attached hydrogens (tertiary/aromatic N) is 2. The molecule has 3 N–H and O–H groups in total. The molecule has 0 amide bonds. The summed E-state index contributed by atoms with van der Waals surface area (Å²) in [5.74, 6) is -4.99. The Balaban J connectivity index is 2.94. The van der Waals surface area contributed by atoms with Crippen molar-refractivity contribution in [3.05, 3.63) is 0 Å². The Bertz CT molecular complexity index is 963. The number of carbonyl (C=O) groups excluding carboxylic acids is 1. The van der Waals surface area contributed by atoms with E-state index in [1.165, 1.54) is 0 Å². The minimum absolute atomic E-state index is 0.0249. The fraction of sp³-hybridized carbons (Fsp3) is 0.793. The lowest BCUT2D eigenvalue weighted by Crippen LogP contribution is -2.43. The van der Waals surface area contributed by atoms with Crippen LogP contribution in [0, 0.1) is 38.9 Å². The number of rotatable bonds is 5. The summed E-state index contributed by atoms with van der Waals surface area (Å²) in [6, 6.07) is 3.66. The van der Waals surface area contributed by atoms with Crippen LogP contribution in [-0.4, -0.2) is 125 Å². The van der Waals surface area contributed by atoms with E-state index in [1.54, 1.807) is 6.92 Å². The highest BCUT2D eigenvalue weighted by Crippen LogP contribution is 2.30. The molecule has 16 heteroatoms. The van der Waals surface area contributed by atoms with Crippen molar-refractivity contribution in [2.24, 2.45) is 16.2 Å². The lowest BCUT2D eigenvalue weighted by Gasteiger charge is -2.27. The number of ether oxygens (including phenoxy) is 7. The summed E-state index contributed by atoms with van der Waals surface area (Å²) in [5.41, 5.74) is -5.46. The summed E-state index contributed by atoms with van der Waals surface area (Å²) in [6.45, 7) is 1.25. The Kier molecular flexibility index (Phi) is 18.8. The van der Waals surface area contributed by atoms with Crippen molar-refractivity contribution in [2.75, 3.05) is 85.9 Å². The molecule has 0 aliphatic carbocycles. The van der Waals surface area contributed by atoms with E-state index in [4.69, 9.17) is 33.2 Å². The van der Waals surface area contributed by atoms with Crippen molar-refractivity contribution < 1.29 is 67.7 Å². The van der Waals surface area contributed by atoms with Gasteiger partial charge in [-0.1, -0.05) is 0 Å². The third-order valence-electron chi connectivity index (χ3n) is 7.48. The highest BCUT2D eigenvalue weighted by atomic mass is 16.5. The molecule has 1 rings (SSSR count). The maximum atomic E-state index is 12.7. The molecule has 1 heterocycles. The number of hydrogen-bond donors (Lipinski definition) is 3. The van der Waals surface area contributed by atoms with Crippen LogP contribution in [0.3, 0.4) is 0 Å². The number of carboxylic acid groups (broad SMARTS) is 3. The Hall–Kier alpha value is -3.38. The summed E-state index contributed by atoms with van der Waals surface area (Å²) >= 11 is 0. The summed E-state index contributed by atoms with van der Waals surface area (Å²) in [7, 11) is 0. The van der Waals surface area contributed by atoms with E-state index >= 15 is 0 Å². The SMILES string of the molecule is CCOC(=O)C1(C(=O)O)CCOCCOCCC(C#N)(C(=O)O)CCOCCOCCC(C#N)(C(=O)O)CCOCCOCC1. The molecule has 45 heavy (non-hydrogen) atoms. The van der Waals surface area contributed by atoms with E-state index < -0.39 is 40.1 Å². The van der Waals surface area contributed by atoms with Gasteiger partial charge in [0.2, 0.25) is 0 Å². The highest BCUT2D eigenvalue weighted by Gasteiger charge is 2.47. The number of carboxylic acids is 3. The average molecular weight is 645 g/mol. The number of nitriles is 2. The maximum absolute atomic E-state index is 12.7. The first-order valence-electron chi connectivity index (χ1n) is 14.7. The second-order valence-electron chi connectivity index (χ2n) is 10.3. The van der Waals surface area contributed by atoms with E-state index in [2.05, 4.69) is 0 Å². The summed E-state index contributed by atoms with van der Waals surface area (Å²) in [5, 5.41) is 48.5. The normalized spacial score (nSPS) is 28.2. The smallest absolute Gasteiger partial charge is 0.324 e. The third kappa shape index (κ3) is 12.9. The first-order valence-corrected chi connectivity index (χ1v) is 14.7. The molecule has 2 atom stereocenters. The molecule has 0 spiro atoms. The monoisotopic (exact) mass is 644 g/mol. The van der Waals surface area contributed by atoms with Crippen molar-refractivity contribution in [1.82, 2.24) is 0 Å². The van der Waals surface area contributed by atoms with Gasteiger partial charge in [-0.05, 0) is 19.8 Å². The Morgan fingerprint density at radius 1 is 0.556 bits per heavy atom. The molecule has 1 aliphatic heterocycles. The highest BCUT2D eigenvalue weighted by molar-refractivity contribution is 5.99. The molecule has 0 saturated carbocycles. The maximum Gasteiger partial charge on any atom is 0.324 e. The minimum Gasteiger partial charge on any atom is -0.480 e. The zero-order chi connectivity index (χ0) is 33.6. The van der Waals surface area contributed by atoms with Crippen LogP contribution in [0.25, 0.3) is 0 Å². The molecule has 16 nitrogen and oxygen atoms in total. The van der Waals surface area contributed by atoms with Gasteiger partial charge in [0.05, 0.1) is 58.4 Å². The van der Waals surface area contributed by atoms with Crippen molar-refractivity contribution in [1.29, 1.82) is 10.5 Å². The van der Waals surface area contributed by atoms with E-state index in [1.807, 2.05) is 12.1 Å². The van der Waals surface area contributed by atoms with Crippen LogP contribution in [0.2, 0.25) is 0 Å². The van der Waals surface area contributed by atoms with Gasteiger partial charge in [0.15, 0.2) is 16.2 Å². The first kappa shape index (κ1) is 39.6. The first-order chi connectivity index (χ1) is 21.6. The molecule has 0 aromatic rings. The Morgan fingerprint density at radius 2 is 0.844 bits per heavy atom. The number of hydrogen-bond acceptors (Lipinski definition) is 13. The van der Waals surface area contributed by atoms with Crippen molar-refractivity contribution in [3.63, 3.8) is 0 Å². The quantitative estimate of drug-likeness (QED) is 0.282. The van der Waals surface area contributed by atoms with Crippen LogP contribution in [0.4, 0.5) is 0 Å². The van der Waals surface area contributed by atoms with Crippen LogP contribution in [0.15, 0.2) is 0 Å². The predicted octanol–water partition coefficient (Wildman–Crippen LogP) is 1.26. The largest absolute Gasteiger partial charge is 0.480 e. The van der Waals surface area contributed by atoms with Crippen LogP contribution in [0.1, 0.15) is 45.4 Å². The van der Waals surface area contributed by atoms with Crippen LogP contribution in [0.5, 0.6) is 0 Å². The summed E-state index contributed by atoms with van der Waals surface area (Å²) in [4.78, 5) is 48.7. The second-order valence-corrected chi connectivity index (χ2v) is 10.3. The lowest BCUT2D eigenvalue weighted by molar-refractivity contribution is -0.172.